The Morgan fingerprint density at radius 1 is 1.31 bits per heavy atom. The average Bonchev–Trinajstić information content (AvgIpc) is 2.12. The zero-order valence-electron chi connectivity index (χ0n) is 10.7. The Labute approximate surface area is 97.2 Å². The molecular formula is C12H21N3O. The molecule has 0 aliphatic carbocycles. The van der Waals surface area contributed by atoms with Crippen molar-refractivity contribution < 1.29 is 4.74 Å². The summed E-state index contributed by atoms with van der Waals surface area (Å²) >= 11 is 0. The highest BCUT2D eigenvalue weighted by atomic mass is 16.5. The fourth-order valence-electron chi connectivity index (χ4n) is 1.10. The summed E-state index contributed by atoms with van der Waals surface area (Å²) in [6, 6.07) is 1.66. The van der Waals surface area contributed by atoms with Crippen LogP contribution in [0.1, 0.15) is 40.4 Å². The van der Waals surface area contributed by atoms with Crippen LogP contribution in [0.4, 0.5) is 5.82 Å². The van der Waals surface area contributed by atoms with Crippen LogP contribution in [0, 0.1) is 5.92 Å². The summed E-state index contributed by atoms with van der Waals surface area (Å²) < 4.78 is 5.55. The van der Waals surface area contributed by atoms with E-state index in [0.29, 0.717) is 30.0 Å². The van der Waals surface area contributed by atoms with Crippen molar-refractivity contribution in [2.24, 2.45) is 5.92 Å². The Balaban J connectivity index is 2.90. The Kier molecular flexibility index (Phi) is 3.73. The molecule has 90 valence electrons. The Morgan fingerprint density at radius 3 is 2.44 bits per heavy atom. The van der Waals surface area contributed by atoms with E-state index in [4.69, 9.17) is 10.5 Å². The topological polar surface area (TPSA) is 61.0 Å². The standard InChI is InChI=1S/C12H21N3O/c1-8(2)7-16-10-6-9(13)14-11(15-10)12(3,4)5/h6,8H,7H2,1-5H3,(H2,13,14,15). The number of rotatable bonds is 3. The van der Waals surface area contributed by atoms with Gasteiger partial charge < -0.3 is 10.5 Å². The molecule has 0 spiro atoms. The van der Waals surface area contributed by atoms with E-state index in [9.17, 15) is 0 Å². The van der Waals surface area contributed by atoms with Crippen molar-refractivity contribution >= 4 is 5.82 Å². The van der Waals surface area contributed by atoms with Gasteiger partial charge in [-0.25, -0.2) is 4.98 Å². The molecule has 0 atom stereocenters. The lowest BCUT2D eigenvalue weighted by molar-refractivity contribution is 0.259. The number of hydrogen-bond donors (Lipinski definition) is 1. The number of nitrogens with two attached hydrogens (primary N) is 1. The molecule has 0 fully saturated rings. The fraction of sp³-hybridized carbons (Fsp3) is 0.667. The molecule has 4 heteroatoms. The maximum Gasteiger partial charge on any atom is 0.218 e. The maximum atomic E-state index is 5.73. The molecule has 1 aromatic heterocycles. The lowest BCUT2D eigenvalue weighted by Gasteiger charge is -2.18. The van der Waals surface area contributed by atoms with Gasteiger partial charge in [0.15, 0.2) is 0 Å². The molecule has 0 unspecified atom stereocenters. The van der Waals surface area contributed by atoms with Crippen molar-refractivity contribution in [3.63, 3.8) is 0 Å². The van der Waals surface area contributed by atoms with Gasteiger partial charge in [0.2, 0.25) is 5.88 Å². The average molecular weight is 223 g/mol. The van der Waals surface area contributed by atoms with E-state index in [1.54, 1.807) is 6.07 Å². The molecule has 0 aliphatic rings. The summed E-state index contributed by atoms with van der Waals surface area (Å²) in [6.45, 7) is 11.0. The van der Waals surface area contributed by atoms with Crippen molar-refractivity contribution in [1.29, 1.82) is 0 Å². The first kappa shape index (κ1) is 12.7. The third-order valence-electron chi connectivity index (χ3n) is 1.96. The van der Waals surface area contributed by atoms with E-state index in [1.807, 2.05) is 20.8 Å². The van der Waals surface area contributed by atoms with Gasteiger partial charge in [-0.1, -0.05) is 34.6 Å². The zero-order valence-corrected chi connectivity index (χ0v) is 10.7. The first-order valence-electron chi connectivity index (χ1n) is 5.57. The summed E-state index contributed by atoms with van der Waals surface area (Å²) in [5.74, 6) is 2.20. The molecule has 0 saturated carbocycles. The highest BCUT2D eigenvalue weighted by Gasteiger charge is 2.19. The minimum Gasteiger partial charge on any atom is -0.477 e. The van der Waals surface area contributed by atoms with Crippen molar-refractivity contribution in [2.75, 3.05) is 12.3 Å². The van der Waals surface area contributed by atoms with E-state index in [1.165, 1.54) is 0 Å². The molecular weight excluding hydrogens is 202 g/mol. The van der Waals surface area contributed by atoms with Gasteiger partial charge in [0.1, 0.15) is 11.6 Å². The van der Waals surface area contributed by atoms with Crippen molar-refractivity contribution in [3.8, 4) is 5.88 Å². The summed E-state index contributed by atoms with van der Waals surface area (Å²) in [5.41, 5.74) is 5.61. The first-order valence-corrected chi connectivity index (χ1v) is 5.57. The molecule has 1 rings (SSSR count). The third kappa shape index (κ3) is 3.68. The third-order valence-corrected chi connectivity index (χ3v) is 1.96. The van der Waals surface area contributed by atoms with E-state index in [2.05, 4.69) is 23.8 Å². The SMILES string of the molecule is CC(C)COc1cc(N)nc(C(C)(C)C)n1. The summed E-state index contributed by atoms with van der Waals surface area (Å²) in [7, 11) is 0. The highest BCUT2D eigenvalue weighted by Crippen LogP contribution is 2.22. The van der Waals surface area contributed by atoms with Gasteiger partial charge in [-0.2, -0.15) is 4.98 Å². The van der Waals surface area contributed by atoms with E-state index in [0.717, 1.165) is 0 Å². The minimum atomic E-state index is -0.120. The first-order chi connectivity index (χ1) is 7.29. The molecule has 0 radical (unpaired) electrons. The molecule has 16 heavy (non-hydrogen) atoms. The fourth-order valence-corrected chi connectivity index (χ4v) is 1.10. The van der Waals surface area contributed by atoms with E-state index >= 15 is 0 Å². The predicted octanol–water partition coefficient (Wildman–Crippen LogP) is 2.39. The predicted molar refractivity (Wildman–Crippen MR) is 65.5 cm³/mol. The minimum absolute atomic E-state index is 0.120. The van der Waals surface area contributed by atoms with Crippen LogP contribution < -0.4 is 10.5 Å². The number of ether oxygens (including phenoxy) is 1. The van der Waals surface area contributed by atoms with Crippen LogP contribution in [0.3, 0.4) is 0 Å². The number of aromatic nitrogens is 2. The lowest BCUT2D eigenvalue weighted by Crippen LogP contribution is -2.18. The van der Waals surface area contributed by atoms with Crippen molar-refractivity contribution in [2.45, 2.75) is 40.0 Å². The summed E-state index contributed by atoms with van der Waals surface area (Å²) in [4.78, 5) is 8.58. The smallest absolute Gasteiger partial charge is 0.218 e. The number of nitrogens with zero attached hydrogens (tertiary/aromatic N) is 2. The second-order valence-corrected chi connectivity index (χ2v) is 5.41. The molecule has 0 bridgehead atoms. The van der Waals surface area contributed by atoms with E-state index in [-0.39, 0.29) is 5.41 Å². The zero-order chi connectivity index (χ0) is 12.3. The van der Waals surface area contributed by atoms with Crippen LogP contribution in [-0.4, -0.2) is 16.6 Å². The molecule has 0 aliphatic heterocycles. The van der Waals surface area contributed by atoms with Crippen LogP contribution in [0.15, 0.2) is 6.07 Å². The number of hydrogen-bond acceptors (Lipinski definition) is 4. The van der Waals surface area contributed by atoms with Crippen LogP contribution in [0.5, 0.6) is 5.88 Å². The quantitative estimate of drug-likeness (QED) is 0.854. The van der Waals surface area contributed by atoms with E-state index < -0.39 is 0 Å². The van der Waals surface area contributed by atoms with Crippen LogP contribution in [0.25, 0.3) is 0 Å². The molecule has 0 aromatic carbocycles. The molecule has 2 N–H and O–H groups in total. The highest BCUT2D eigenvalue weighted by molar-refractivity contribution is 5.34. The second-order valence-electron chi connectivity index (χ2n) is 5.41. The Hall–Kier alpha value is -1.32. The lowest BCUT2D eigenvalue weighted by atomic mass is 9.96. The molecule has 1 heterocycles. The van der Waals surface area contributed by atoms with Gasteiger partial charge in [-0.3, -0.25) is 0 Å². The molecule has 0 amide bonds. The summed E-state index contributed by atoms with van der Waals surface area (Å²) in [6.07, 6.45) is 0. The number of anilines is 1. The Bertz CT molecular complexity index is 356. The number of nitrogen functional groups attached to an aromatic ring is 1. The van der Waals surface area contributed by atoms with Crippen LogP contribution in [0.2, 0.25) is 0 Å². The van der Waals surface area contributed by atoms with Gasteiger partial charge >= 0.3 is 0 Å². The molecule has 0 saturated heterocycles. The van der Waals surface area contributed by atoms with Crippen LogP contribution >= 0.6 is 0 Å². The van der Waals surface area contributed by atoms with Crippen molar-refractivity contribution in [3.05, 3.63) is 11.9 Å². The van der Waals surface area contributed by atoms with Gasteiger partial charge in [-0.15, -0.1) is 0 Å². The van der Waals surface area contributed by atoms with Gasteiger partial charge in [0, 0.05) is 11.5 Å². The van der Waals surface area contributed by atoms with Gasteiger partial charge in [0.25, 0.3) is 0 Å². The maximum absolute atomic E-state index is 5.73. The van der Waals surface area contributed by atoms with Crippen molar-refractivity contribution in [1.82, 2.24) is 9.97 Å². The molecule has 4 nitrogen and oxygen atoms in total. The van der Waals surface area contributed by atoms with Gasteiger partial charge in [-0.05, 0) is 5.92 Å². The second kappa shape index (κ2) is 4.68. The molecule has 1 aromatic rings. The largest absolute Gasteiger partial charge is 0.477 e. The normalized spacial score (nSPS) is 11.9. The monoisotopic (exact) mass is 223 g/mol. The summed E-state index contributed by atoms with van der Waals surface area (Å²) in [5, 5.41) is 0. The van der Waals surface area contributed by atoms with Gasteiger partial charge in [0.05, 0.1) is 6.61 Å². The Morgan fingerprint density at radius 2 is 1.94 bits per heavy atom. The van der Waals surface area contributed by atoms with Crippen LogP contribution in [-0.2, 0) is 5.41 Å².